The zero-order valence-electron chi connectivity index (χ0n) is 6.90. The highest BCUT2D eigenvalue weighted by molar-refractivity contribution is 7.86. The Labute approximate surface area is 75.6 Å². The lowest BCUT2D eigenvalue weighted by molar-refractivity contribution is 0.316. The normalized spacial score (nSPS) is 11.2. The minimum atomic E-state index is -4.74. The number of halogens is 1. The lowest BCUT2D eigenvalue weighted by Crippen LogP contribution is -2.01. The molecular formula is C7H8FNO3S. The molecule has 0 saturated heterocycles. The summed E-state index contributed by atoms with van der Waals surface area (Å²) < 4.78 is 38.5. The number of nitrogens with zero attached hydrogens (tertiary/aromatic N) is 1. The third-order valence-electron chi connectivity index (χ3n) is 1.28. The molecule has 4 nitrogen and oxygen atoms in total. The molecule has 0 saturated carbocycles. The third-order valence-corrected chi connectivity index (χ3v) is 2.12. The van der Waals surface area contributed by atoms with E-state index in [0.717, 1.165) is 6.07 Å². The Morgan fingerprint density at radius 2 is 2.31 bits per heavy atom. The van der Waals surface area contributed by atoms with E-state index in [1.54, 1.807) is 6.92 Å². The number of hydrogen-bond acceptors (Lipinski definition) is 4. The maximum atomic E-state index is 12.6. The topological polar surface area (TPSA) is 56.3 Å². The number of ether oxygens (including phenoxy) is 1. The van der Waals surface area contributed by atoms with Crippen LogP contribution in [0.5, 0.6) is 5.88 Å². The molecule has 0 aliphatic carbocycles. The molecule has 0 aromatic carbocycles. The Morgan fingerprint density at radius 1 is 1.62 bits per heavy atom. The van der Waals surface area contributed by atoms with Gasteiger partial charge in [-0.2, -0.15) is 8.42 Å². The van der Waals surface area contributed by atoms with Crippen LogP contribution in [0.2, 0.25) is 0 Å². The van der Waals surface area contributed by atoms with E-state index in [4.69, 9.17) is 4.74 Å². The van der Waals surface area contributed by atoms with Crippen molar-refractivity contribution in [3.05, 3.63) is 18.3 Å². The first kappa shape index (κ1) is 9.91. The van der Waals surface area contributed by atoms with Crippen LogP contribution in [0.1, 0.15) is 6.92 Å². The van der Waals surface area contributed by atoms with Gasteiger partial charge in [-0.25, -0.2) is 4.98 Å². The van der Waals surface area contributed by atoms with Gasteiger partial charge in [-0.3, -0.25) is 0 Å². The predicted octanol–water partition coefficient (Wildman–Crippen LogP) is 1.14. The molecule has 0 radical (unpaired) electrons. The van der Waals surface area contributed by atoms with Crippen LogP contribution >= 0.6 is 0 Å². The molecule has 0 atom stereocenters. The molecule has 0 bridgehead atoms. The zero-order chi connectivity index (χ0) is 9.90. The summed E-state index contributed by atoms with van der Waals surface area (Å²) in [4.78, 5) is 3.06. The summed E-state index contributed by atoms with van der Waals surface area (Å²) in [6.07, 6.45) is 1.33. The molecule has 1 aromatic heterocycles. The summed E-state index contributed by atoms with van der Waals surface area (Å²) in [6.45, 7) is 1.89. The minimum absolute atomic E-state index is 0.201. The largest absolute Gasteiger partial charge is 0.477 e. The summed E-state index contributed by atoms with van der Waals surface area (Å²) in [5.41, 5.74) is 0. The molecule has 0 amide bonds. The maximum absolute atomic E-state index is 12.6. The van der Waals surface area contributed by atoms with Crippen LogP contribution in [-0.4, -0.2) is 20.0 Å². The van der Waals surface area contributed by atoms with Gasteiger partial charge in [0, 0.05) is 6.20 Å². The predicted molar refractivity (Wildman–Crippen MR) is 43.7 cm³/mol. The van der Waals surface area contributed by atoms with E-state index in [1.807, 2.05) is 0 Å². The van der Waals surface area contributed by atoms with Crippen LogP contribution in [-0.2, 0) is 10.2 Å². The standard InChI is InChI=1S/C7H8FNO3S/c1-2-12-7-6(13(8,10)11)4-3-5-9-7/h3-5H,2H2,1H3. The Morgan fingerprint density at radius 3 is 2.85 bits per heavy atom. The van der Waals surface area contributed by atoms with Crippen molar-refractivity contribution in [2.75, 3.05) is 6.61 Å². The van der Waals surface area contributed by atoms with E-state index in [2.05, 4.69) is 4.98 Å². The van der Waals surface area contributed by atoms with Crippen molar-refractivity contribution in [3.63, 3.8) is 0 Å². The quantitative estimate of drug-likeness (QED) is 0.694. The molecule has 13 heavy (non-hydrogen) atoms. The first-order valence-corrected chi connectivity index (χ1v) is 4.96. The van der Waals surface area contributed by atoms with Gasteiger partial charge in [0.05, 0.1) is 6.61 Å². The fraction of sp³-hybridized carbons (Fsp3) is 0.286. The lowest BCUT2D eigenvalue weighted by Gasteiger charge is -2.03. The lowest BCUT2D eigenvalue weighted by atomic mass is 10.5. The smallest absolute Gasteiger partial charge is 0.337 e. The average Bonchev–Trinajstić information content (AvgIpc) is 2.04. The number of pyridine rings is 1. The van der Waals surface area contributed by atoms with Gasteiger partial charge in [-0.15, -0.1) is 3.89 Å². The molecule has 72 valence electrons. The van der Waals surface area contributed by atoms with Crippen LogP contribution < -0.4 is 4.74 Å². The van der Waals surface area contributed by atoms with Crippen molar-refractivity contribution in [1.29, 1.82) is 0 Å². The van der Waals surface area contributed by atoms with Crippen molar-refractivity contribution in [3.8, 4) is 5.88 Å². The SMILES string of the molecule is CCOc1ncccc1S(=O)(=O)F. The van der Waals surface area contributed by atoms with E-state index in [9.17, 15) is 12.3 Å². The summed E-state index contributed by atoms with van der Waals surface area (Å²) in [7, 11) is -4.74. The number of rotatable bonds is 3. The molecule has 0 spiro atoms. The molecule has 0 fully saturated rings. The minimum Gasteiger partial charge on any atom is -0.477 e. The Balaban J connectivity index is 3.20. The third kappa shape index (κ3) is 2.38. The molecule has 0 aliphatic rings. The van der Waals surface area contributed by atoms with Crippen molar-refractivity contribution in [2.45, 2.75) is 11.8 Å². The van der Waals surface area contributed by atoms with Gasteiger partial charge >= 0.3 is 10.2 Å². The van der Waals surface area contributed by atoms with E-state index >= 15 is 0 Å². The van der Waals surface area contributed by atoms with Crippen molar-refractivity contribution in [1.82, 2.24) is 4.98 Å². The molecule has 6 heteroatoms. The summed E-state index contributed by atoms with van der Waals surface area (Å²) in [6, 6.07) is 2.43. The molecular weight excluding hydrogens is 197 g/mol. The van der Waals surface area contributed by atoms with Crippen LogP contribution in [0.15, 0.2) is 23.2 Å². The second-order valence-electron chi connectivity index (χ2n) is 2.18. The van der Waals surface area contributed by atoms with E-state index in [1.165, 1.54) is 12.3 Å². The number of hydrogen-bond donors (Lipinski definition) is 0. The molecule has 1 heterocycles. The Bertz CT molecular complexity index is 390. The maximum Gasteiger partial charge on any atom is 0.337 e. The molecule has 0 aliphatic heterocycles. The average molecular weight is 205 g/mol. The van der Waals surface area contributed by atoms with Crippen molar-refractivity contribution >= 4 is 10.2 Å². The summed E-state index contributed by atoms with van der Waals surface area (Å²) >= 11 is 0. The Kier molecular flexibility index (Phi) is 2.82. The highest BCUT2D eigenvalue weighted by atomic mass is 32.3. The van der Waals surface area contributed by atoms with E-state index < -0.39 is 15.1 Å². The van der Waals surface area contributed by atoms with Gasteiger partial charge in [-0.1, -0.05) is 0 Å². The zero-order valence-corrected chi connectivity index (χ0v) is 7.71. The highest BCUT2D eigenvalue weighted by Gasteiger charge is 2.18. The molecule has 0 unspecified atom stereocenters. The van der Waals surface area contributed by atoms with E-state index in [-0.39, 0.29) is 12.5 Å². The van der Waals surface area contributed by atoms with Crippen LogP contribution in [0.4, 0.5) is 3.89 Å². The van der Waals surface area contributed by atoms with Gasteiger partial charge in [0.15, 0.2) is 4.90 Å². The van der Waals surface area contributed by atoms with E-state index in [0.29, 0.717) is 0 Å². The molecule has 1 rings (SSSR count). The first-order valence-electron chi connectivity index (χ1n) is 3.58. The molecule has 1 aromatic rings. The van der Waals surface area contributed by atoms with Crippen LogP contribution in [0, 0.1) is 0 Å². The van der Waals surface area contributed by atoms with Gasteiger partial charge < -0.3 is 4.74 Å². The van der Waals surface area contributed by atoms with Crippen LogP contribution in [0.25, 0.3) is 0 Å². The van der Waals surface area contributed by atoms with Crippen molar-refractivity contribution in [2.24, 2.45) is 0 Å². The molecule has 0 N–H and O–H groups in total. The fourth-order valence-corrected chi connectivity index (χ4v) is 1.37. The van der Waals surface area contributed by atoms with Crippen molar-refractivity contribution < 1.29 is 17.0 Å². The summed E-state index contributed by atoms with van der Waals surface area (Å²) in [5.74, 6) is -0.201. The van der Waals surface area contributed by atoms with Gasteiger partial charge in [0.1, 0.15) is 0 Å². The Hall–Kier alpha value is -1.17. The van der Waals surface area contributed by atoms with Gasteiger partial charge in [0.2, 0.25) is 5.88 Å². The first-order chi connectivity index (χ1) is 6.05. The van der Waals surface area contributed by atoms with Gasteiger partial charge in [-0.05, 0) is 19.1 Å². The number of aromatic nitrogens is 1. The summed E-state index contributed by atoms with van der Waals surface area (Å²) in [5, 5.41) is 0. The monoisotopic (exact) mass is 205 g/mol. The second kappa shape index (κ2) is 3.69. The fourth-order valence-electron chi connectivity index (χ4n) is 0.807. The second-order valence-corrected chi connectivity index (χ2v) is 3.49. The van der Waals surface area contributed by atoms with Gasteiger partial charge in [0.25, 0.3) is 0 Å². The van der Waals surface area contributed by atoms with Crippen LogP contribution in [0.3, 0.4) is 0 Å². The highest BCUT2D eigenvalue weighted by Crippen LogP contribution is 2.21.